The number of aromatic amines is 1. The van der Waals surface area contributed by atoms with Crippen LogP contribution in [-0.4, -0.2) is 38.3 Å². The Morgan fingerprint density at radius 2 is 1.86 bits per heavy atom. The van der Waals surface area contributed by atoms with Crippen LogP contribution in [0.4, 0.5) is 0 Å². The fraction of sp³-hybridized carbons (Fsp3) is 0.462. The maximum Gasteiger partial charge on any atom is 0.331 e. The zero-order valence-corrected chi connectivity index (χ0v) is 21.3. The van der Waals surface area contributed by atoms with E-state index in [0.29, 0.717) is 37.1 Å². The second kappa shape index (κ2) is 12.8. The molecule has 1 aromatic carbocycles. The van der Waals surface area contributed by atoms with Gasteiger partial charge in [0.25, 0.3) is 5.56 Å². The molecule has 0 bridgehead atoms. The van der Waals surface area contributed by atoms with Gasteiger partial charge in [-0.05, 0) is 43.5 Å². The van der Waals surface area contributed by atoms with Crippen molar-refractivity contribution >= 4 is 23.2 Å². The molecule has 2 aromatic heterocycles. The van der Waals surface area contributed by atoms with Gasteiger partial charge in [0.15, 0.2) is 22.7 Å². The van der Waals surface area contributed by atoms with Crippen molar-refractivity contribution in [1.29, 1.82) is 0 Å². The number of nitrogens with one attached hydrogen (secondary N) is 1. The number of carbonyl (C=O) groups excluding carboxylic acids is 1. The van der Waals surface area contributed by atoms with Crippen LogP contribution in [0.1, 0.15) is 57.8 Å². The zero-order valence-electron chi connectivity index (χ0n) is 21.3. The number of nitrogens with zero attached hydrogens (tertiary/aromatic N) is 3. The Morgan fingerprint density at radius 1 is 1.08 bits per heavy atom. The molecule has 0 radical (unpaired) electrons. The van der Waals surface area contributed by atoms with Crippen LogP contribution in [0.25, 0.3) is 17.2 Å². The third kappa shape index (κ3) is 6.44. The first kappa shape index (κ1) is 26.8. The van der Waals surface area contributed by atoms with E-state index < -0.39 is 17.2 Å². The quantitative estimate of drug-likeness (QED) is 0.217. The van der Waals surface area contributed by atoms with Gasteiger partial charge in [0, 0.05) is 19.7 Å². The molecule has 0 aliphatic heterocycles. The minimum absolute atomic E-state index is 0.149. The van der Waals surface area contributed by atoms with Gasteiger partial charge in [-0.15, -0.1) is 0 Å². The third-order valence-electron chi connectivity index (χ3n) is 5.62. The monoisotopic (exact) mass is 498 g/mol. The van der Waals surface area contributed by atoms with Crippen LogP contribution in [0.3, 0.4) is 0 Å². The normalized spacial score (nSPS) is 11.3. The van der Waals surface area contributed by atoms with Gasteiger partial charge in [-0.3, -0.25) is 14.3 Å². The van der Waals surface area contributed by atoms with E-state index in [4.69, 9.17) is 14.2 Å². The van der Waals surface area contributed by atoms with Gasteiger partial charge in [-0.2, -0.15) is 0 Å². The van der Waals surface area contributed by atoms with Crippen molar-refractivity contribution in [1.82, 2.24) is 19.1 Å². The molecule has 0 aliphatic rings. The lowest BCUT2D eigenvalue weighted by Crippen LogP contribution is -2.31. The standard InChI is InChI=1S/C26H34N4O6/c1-5-8-14-30-24-23(25(32)28-26(30)33)29(4)21(27-24)17-36-22(31)13-11-18-10-12-19(35-15-9-6-2)20(16-18)34-7-3/h10-13,16H,5-9,14-15,17H2,1-4H3,(H,28,32,33)/b13-11+. The lowest BCUT2D eigenvalue weighted by Gasteiger charge is -2.12. The lowest BCUT2D eigenvalue weighted by molar-refractivity contribution is -0.139. The average molecular weight is 499 g/mol. The predicted molar refractivity (Wildman–Crippen MR) is 137 cm³/mol. The largest absolute Gasteiger partial charge is 0.490 e. The highest BCUT2D eigenvalue weighted by Gasteiger charge is 2.17. The molecule has 36 heavy (non-hydrogen) atoms. The molecule has 0 aliphatic carbocycles. The highest BCUT2D eigenvalue weighted by Crippen LogP contribution is 2.29. The fourth-order valence-corrected chi connectivity index (χ4v) is 3.63. The summed E-state index contributed by atoms with van der Waals surface area (Å²) in [6.07, 6.45) is 6.59. The molecule has 3 rings (SSSR count). The van der Waals surface area contributed by atoms with Gasteiger partial charge in [0.05, 0.1) is 13.2 Å². The number of esters is 1. The van der Waals surface area contributed by atoms with E-state index in [2.05, 4.69) is 16.9 Å². The van der Waals surface area contributed by atoms with Crippen LogP contribution in [0, 0.1) is 0 Å². The molecule has 2 heterocycles. The van der Waals surface area contributed by atoms with E-state index in [9.17, 15) is 14.4 Å². The first-order valence-electron chi connectivity index (χ1n) is 12.3. The number of carbonyl (C=O) groups is 1. The van der Waals surface area contributed by atoms with E-state index in [0.717, 1.165) is 31.2 Å². The maximum absolute atomic E-state index is 12.4. The summed E-state index contributed by atoms with van der Waals surface area (Å²) in [5.74, 6) is 1.07. The molecule has 10 nitrogen and oxygen atoms in total. The van der Waals surface area contributed by atoms with E-state index in [-0.39, 0.29) is 17.8 Å². The summed E-state index contributed by atoms with van der Waals surface area (Å²) in [6.45, 7) is 7.40. The minimum atomic E-state index is -0.569. The number of aromatic nitrogens is 4. The number of rotatable bonds is 13. The number of unbranched alkanes of at least 4 members (excludes halogenated alkanes) is 2. The molecule has 10 heteroatoms. The van der Waals surface area contributed by atoms with Crippen LogP contribution < -0.4 is 20.7 Å². The number of aryl methyl sites for hydroxylation is 2. The van der Waals surface area contributed by atoms with Gasteiger partial charge < -0.3 is 18.8 Å². The molecular formula is C26H34N4O6. The van der Waals surface area contributed by atoms with Crippen LogP contribution in [0.5, 0.6) is 11.5 Å². The van der Waals surface area contributed by atoms with Gasteiger partial charge in [-0.25, -0.2) is 14.6 Å². The summed E-state index contributed by atoms with van der Waals surface area (Å²) in [4.78, 5) is 43.8. The highest BCUT2D eigenvalue weighted by molar-refractivity contribution is 5.87. The van der Waals surface area contributed by atoms with Gasteiger partial charge >= 0.3 is 11.7 Å². The van der Waals surface area contributed by atoms with Gasteiger partial charge in [0.1, 0.15) is 12.4 Å². The second-order valence-corrected chi connectivity index (χ2v) is 8.31. The Kier molecular flexibility index (Phi) is 9.49. The maximum atomic E-state index is 12.4. The molecule has 0 saturated carbocycles. The SMILES string of the molecule is CCCCOc1ccc(/C=C/C(=O)OCc2nc3c(c(=O)[nH]c(=O)n3CCCC)n2C)cc1OCC. The second-order valence-electron chi connectivity index (χ2n) is 8.31. The number of hydrogen-bond acceptors (Lipinski definition) is 7. The number of ether oxygens (including phenoxy) is 3. The average Bonchev–Trinajstić information content (AvgIpc) is 3.19. The number of imidazole rings is 1. The van der Waals surface area contributed by atoms with Crippen molar-refractivity contribution in [3.05, 3.63) is 56.5 Å². The summed E-state index contributed by atoms with van der Waals surface area (Å²) in [7, 11) is 1.65. The fourth-order valence-electron chi connectivity index (χ4n) is 3.63. The molecule has 0 fully saturated rings. The van der Waals surface area contributed by atoms with Crippen LogP contribution in [0.15, 0.2) is 33.9 Å². The Balaban J connectivity index is 1.72. The summed E-state index contributed by atoms with van der Waals surface area (Å²) >= 11 is 0. The summed E-state index contributed by atoms with van der Waals surface area (Å²) in [5.41, 5.74) is 0.275. The van der Waals surface area contributed by atoms with Crippen molar-refractivity contribution in [2.75, 3.05) is 13.2 Å². The van der Waals surface area contributed by atoms with Crippen molar-refractivity contribution in [3.8, 4) is 11.5 Å². The van der Waals surface area contributed by atoms with Crippen LogP contribution in [-0.2, 0) is 29.7 Å². The van der Waals surface area contributed by atoms with E-state index in [1.807, 2.05) is 32.0 Å². The van der Waals surface area contributed by atoms with E-state index in [1.165, 1.54) is 10.6 Å². The smallest absolute Gasteiger partial charge is 0.331 e. The Labute approximate surface area is 209 Å². The molecule has 0 saturated heterocycles. The first-order valence-corrected chi connectivity index (χ1v) is 12.3. The predicted octanol–water partition coefficient (Wildman–Crippen LogP) is 3.56. The number of benzene rings is 1. The lowest BCUT2D eigenvalue weighted by atomic mass is 10.2. The van der Waals surface area contributed by atoms with Crippen LogP contribution in [0.2, 0.25) is 0 Å². The Hall–Kier alpha value is -3.82. The zero-order chi connectivity index (χ0) is 26.1. The topological polar surface area (TPSA) is 117 Å². The summed E-state index contributed by atoms with van der Waals surface area (Å²) in [6, 6.07) is 5.46. The highest BCUT2D eigenvalue weighted by atomic mass is 16.5. The number of hydrogen-bond donors (Lipinski definition) is 1. The summed E-state index contributed by atoms with van der Waals surface area (Å²) < 4.78 is 19.8. The van der Waals surface area contributed by atoms with Crippen molar-refractivity contribution < 1.29 is 19.0 Å². The van der Waals surface area contributed by atoms with Gasteiger partial charge in [-0.1, -0.05) is 32.8 Å². The molecule has 0 atom stereocenters. The molecular weight excluding hydrogens is 464 g/mol. The molecule has 194 valence electrons. The number of H-pyrrole nitrogens is 1. The minimum Gasteiger partial charge on any atom is -0.490 e. The van der Waals surface area contributed by atoms with Crippen molar-refractivity contribution in [2.45, 2.75) is 59.6 Å². The molecule has 0 amide bonds. The molecule has 0 unspecified atom stereocenters. The number of fused-ring (bicyclic) bond motifs is 1. The van der Waals surface area contributed by atoms with Gasteiger partial charge in [0.2, 0.25) is 0 Å². The van der Waals surface area contributed by atoms with Crippen molar-refractivity contribution in [2.24, 2.45) is 7.05 Å². The van der Waals surface area contributed by atoms with E-state index in [1.54, 1.807) is 17.7 Å². The molecule has 0 spiro atoms. The first-order chi connectivity index (χ1) is 17.4. The Morgan fingerprint density at radius 3 is 2.58 bits per heavy atom. The Bertz CT molecular complexity index is 1330. The summed E-state index contributed by atoms with van der Waals surface area (Å²) in [5, 5.41) is 0. The molecule has 1 N–H and O–H groups in total. The third-order valence-corrected chi connectivity index (χ3v) is 5.62. The van der Waals surface area contributed by atoms with Crippen LogP contribution >= 0.6 is 0 Å². The van der Waals surface area contributed by atoms with Crippen molar-refractivity contribution in [3.63, 3.8) is 0 Å². The molecule has 3 aromatic rings. The van der Waals surface area contributed by atoms with E-state index >= 15 is 0 Å².